The summed E-state index contributed by atoms with van der Waals surface area (Å²) < 4.78 is 11.7. The number of fused-ring (bicyclic) bond motifs is 1. The predicted octanol–water partition coefficient (Wildman–Crippen LogP) is 4.00. The van der Waals surface area contributed by atoms with Crippen LogP contribution in [0.3, 0.4) is 0 Å². The first-order valence-electron chi connectivity index (χ1n) is 6.94. The van der Waals surface area contributed by atoms with Gasteiger partial charge in [0.05, 0.1) is 18.1 Å². The molecule has 0 amide bonds. The van der Waals surface area contributed by atoms with Crippen molar-refractivity contribution < 1.29 is 14.3 Å². The van der Waals surface area contributed by atoms with E-state index in [2.05, 4.69) is 13.8 Å². The van der Waals surface area contributed by atoms with Gasteiger partial charge in [-0.25, -0.2) is 0 Å². The molecule has 0 spiro atoms. The Morgan fingerprint density at radius 1 is 1.42 bits per heavy atom. The molecule has 0 saturated carbocycles. The lowest BCUT2D eigenvalue weighted by atomic mass is 9.93. The van der Waals surface area contributed by atoms with Crippen molar-refractivity contribution in [2.24, 2.45) is 0 Å². The second-order valence-corrected chi connectivity index (χ2v) is 5.84. The monoisotopic (exact) mass is 262 g/mol. The first-order chi connectivity index (χ1) is 8.91. The summed E-state index contributed by atoms with van der Waals surface area (Å²) in [6.07, 6.45) is 2.71. The summed E-state index contributed by atoms with van der Waals surface area (Å²) in [6, 6.07) is 5.49. The minimum absolute atomic E-state index is 0.138. The summed E-state index contributed by atoms with van der Waals surface area (Å²) in [6.45, 7) is 8.05. The number of hydrogen-bond donors (Lipinski definition) is 0. The van der Waals surface area contributed by atoms with Gasteiger partial charge >= 0.3 is 0 Å². The molecule has 0 N–H and O–H groups in total. The van der Waals surface area contributed by atoms with Gasteiger partial charge in [-0.05, 0) is 39.3 Å². The maximum absolute atomic E-state index is 12.0. The van der Waals surface area contributed by atoms with Crippen molar-refractivity contribution in [2.75, 3.05) is 0 Å². The van der Waals surface area contributed by atoms with Gasteiger partial charge < -0.3 is 9.47 Å². The highest BCUT2D eigenvalue weighted by molar-refractivity contribution is 6.00. The molecule has 0 saturated heterocycles. The molecule has 0 aliphatic carbocycles. The van der Waals surface area contributed by atoms with E-state index in [0.717, 1.165) is 18.6 Å². The van der Waals surface area contributed by atoms with Gasteiger partial charge in [0, 0.05) is 6.07 Å². The molecule has 3 heteroatoms. The van der Waals surface area contributed by atoms with Gasteiger partial charge in [0.2, 0.25) is 0 Å². The van der Waals surface area contributed by atoms with E-state index in [4.69, 9.17) is 9.47 Å². The molecule has 3 nitrogen and oxygen atoms in total. The van der Waals surface area contributed by atoms with Crippen molar-refractivity contribution in [3.63, 3.8) is 0 Å². The van der Waals surface area contributed by atoms with E-state index in [1.165, 1.54) is 0 Å². The highest BCUT2D eigenvalue weighted by Gasteiger charge is 2.32. The van der Waals surface area contributed by atoms with Gasteiger partial charge in [0.1, 0.15) is 17.1 Å². The van der Waals surface area contributed by atoms with Crippen LogP contribution in [0.5, 0.6) is 11.5 Å². The van der Waals surface area contributed by atoms with Crippen LogP contribution in [-0.4, -0.2) is 17.5 Å². The van der Waals surface area contributed by atoms with E-state index in [1.54, 1.807) is 6.07 Å². The molecule has 1 aromatic rings. The number of ketones is 1. The highest BCUT2D eigenvalue weighted by atomic mass is 16.5. The molecule has 19 heavy (non-hydrogen) atoms. The average molecular weight is 262 g/mol. The standard InChI is InChI=1S/C16H22O3/c1-5-6-11(2)18-12-7-8-13-14(17)10-16(3,4)19-15(13)9-12/h7-9,11H,5-6,10H2,1-4H3. The van der Waals surface area contributed by atoms with Crippen molar-refractivity contribution in [1.29, 1.82) is 0 Å². The predicted molar refractivity (Wildman–Crippen MR) is 75.1 cm³/mol. The topological polar surface area (TPSA) is 35.5 Å². The van der Waals surface area contributed by atoms with E-state index < -0.39 is 5.60 Å². The number of hydrogen-bond acceptors (Lipinski definition) is 3. The van der Waals surface area contributed by atoms with E-state index >= 15 is 0 Å². The normalized spacial score (nSPS) is 18.4. The lowest BCUT2D eigenvalue weighted by molar-refractivity contribution is 0.0617. The summed E-state index contributed by atoms with van der Waals surface area (Å²) in [5.41, 5.74) is 0.229. The summed E-state index contributed by atoms with van der Waals surface area (Å²) in [7, 11) is 0. The fraction of sp³-hybridized carbons (Fsp3) is 0.562. The summed E-state index contributed by atoms with van der Waals surface area (Å²) in [5, 5.41) is 0. The van der Waals surface area contributed by atoms with Crippen LogP contribution in [0.15, 0.2) is 18.2 Å². The number of carbonyl (C=O) groups is 1. The first-order valence-corrected chi connectivity index (χ1v) is 6.94. The molecule has 0 fully saturated rings. The summed E-state index contributed by atoms with van der Waals surface area (Å²) in [5.74, 6) is 1.55. The molecule has 1 atom stereocenters. The number of ether oxygens (including phenoxy) is 2. The highest BCUT2D eigenvalue weighted by Crippen LogP contribution is 2.35. The Balaban J connectivity index is 2.21. The second-order valence-electron chi connectivity index (χ2n) is 5.84. The van der Waals surface area contributed by atoms with Gasteiger partial charge in [-0.1, -0.05) is 13.3 Å². The number of rotatable bonds is 4. The Hall–Kier alpha value is -1.51. The Kier molecular flexibility index (Phi) is 3.83. The van der Waals surface area contributed by atoms with Crippen LogP contribution in [0.2, 0.25) is 0 Å². The summed E-state index contributed by atoms with van der Waals surface area (Å²) >= 11 is 0. The lowest BCUT2D eigenvalue weighted by Crippen LogP contribution is -2.35. The van der Waals surface area contributed by atoms with E-state index in [0.29, 0.717) is 17.7 Å². The third-order valence-electron chi connectivity index (χ3n) is 3.26. The summed E-state index contributed by atoms with van der Waals surface area (Å²) in [4.78, 5) is 12.0. The first kappa shape index (κ1) is 13.9. The van der Waals surface area contributed by atoms with Crippen molar-refractivity contribution >= 4 is 5.78 Å². The fourth-order valence-corrected chi connectivity index (χ4v) is 2.40. The molecule has 1 aromatic carbocycles. The van der Waals surface area contributed by atoms with Crippen LogP contribution in [-0.2, 0) is 0 Å². The minimum Gasteiger partial charge on any atom is -0.491 e. The van der Waals surface area contributed by atoms with Gasteiger partial charge in [-0.2, -0.15) is 0 Å². The minimum atomic E-state index is -0.433. The number of carbonyl (C=O) groups excluding carboxylic acids is 1. The SMILES string of the molecule is CCCC(C)Oc1ccc2c(c1)OC(C)(C)CC2=O. The molecular weight excluding hydrogens is 240 g/mol. The molecule has 0 radical (unpaired) electrons. The fourth-order valence-electron chi connectivity index (χ4n) is 2.40. The van der Waals surface area contributed by atoms with Gasteiger partial charge in [-0.15, -0.1) is 0 Å². The van der Waals surface area contributed by atoms with E-state index in [1.807, 2.05) is 26.0 Å². The third kappa shape index (κ3) is 3.28. The molecule has 104 valence electrons. The molecular formula is C16H22O3. The number of benzene rings is 1. The van der Waals surface area contributed by atoms with Crippen molar-refractivity contribution in [1.82, 2.24) is 0 Å². The second kappa shape index (κ2) is 5.24. The Morgan fingerprint density at radius 2 is 2.16 bits per heavy atom. The van der Waals surface area contributed by atoms with E-state index in [-0.39, 0.29) is 11.9 Å². The van der Waals surface area contributed by atoms with Crippen LogP contribution in [0.1, 0.15) is 57.3 Å². The molecule has 1 aliphatic heterocycles. The van der Waals surface area contributed by atoms with Crippen molar-refractivity contribution in [3.05, 3.63) is 23.8 Å². The largest absolute Gasteiger partial charge is 0.491 e. The van der Waals surface area contributed by atoms with Crippen LogP contribution < -0.4 is 9.47 Å². The van der Waals surface area contributed by atoms with Crippen LogP contribution in [0.25, 0.3) is 0 Å². The Labute approximate surface area is 114 Å². The molecule has 0 aromatic heterocycles. The van der Waals surface area contributed by atoms with Gasteiger partial charge in [0.15, 0.2) is 5.78 Å². The molecule has 1 unspecified atom stereocenters. The van der Waals surface area contributed by atoms with Crippen LogP contribution >= 0.6 is 0 Å². The maximum Gasteiger partial charge on any atom is 0.170 e. The van der Waals surface area contributed by atoms with Crippen molar-refractivity contribution in [3.8, 4) is 11.5 Å². The quantitative estimate of drug-likeness (QED) is 0.822. The smallest absolute Gasteiger partial charge is 0.170 e. The van der Waals surface area contributed by atoms with Gasteiger partial charge in [-0.3, -0.25) is 4.79 Å². The maximum atomic E-state index is 12.0. The average Bonchev–Trinajstić information content (AvgIpc) is 2.26. The Bertz CT molecular complexity index is 477. The molecule has 1 heterocycles. The molecule has 1 aliphatic rings. The molecule has 2 rings (SSSR count). The van der Waals surface area contributed by atoms with Crippen LogP contribution in [0.4, 0.5) is 0 Å². The zero-order valence-electron chi connectivity index (χ0n) is 12.2. The lowest BCUT2D eigenvalue weighted by Gasteiger charge is -2.31. The zero-order chi connectivity index (χ0) is 14.0. The number of Topliss-reactive ketones (excluding diaryl/α,β-unsaturated/α-hetero) is 1. The van der Waals surface area contributed by atoms with Crippen LogP contribution in [0, 0.1) is 0 Å². The zero-order valence-corrected chi connectivity index (χ0v) is 12.2. The molecule has 0 bridgehead atoms. The van der Waals surface area contributed by atoms with Crippen molar-refractivity contribution in [2.45, 2.75) is 58.7 Å². The third-order valence-corrected chi connectivity index (χ3v) is 3.26. The van der Waals surface area contributed by atoms with E-state index in [9.17, 15) is 4.79 Å². The Morgan fingerprint density at radius 3 is 2.84 bits per heavy atom. The van der Waals surface area contributed by atoms with Gasteiger partial charge in [0.25, 0.3) is 0 Å².